The van der Waals surface area contributed by atoms with Crippen LogP contribution in [-0.2, 0) is 21.4 Å². The van der Waals surface area contributed by atoms with Crippen LogP contribution in [0.15, 0.2) is 52.0 Å². The predicted molar refractivity (Wildman–Crippen MR) is 107 cm³/mol. The first-order chi connectivity index (χ1) is 13.4. The third-order valence-electron chi connectivity index (χ3n) is 5.11. The Hall–Kier alpha value is -2.12. The molecule has 6 nitrogen and oxygen atoms in total. The monoisotopic (exact) mass is 404 g/mol. The molecular weight excluding hydrogens is 376 g/mol. The number of hydrogen-bond donors (Lipinski definition) is 1. The fourth-order valence-corrected chi connectivity index (χ4v) is 4.88. The maximum atomic E-state index is 13.2. The van der Waals surface area contributed by atoms with Crippen LogP contribution < -0.4 is 5.32 Å². The second-order valence-corrected chi connectivity index (χ2v) is 9.36. The molecule has 1 aromatic heterocycles. The highest BCUT2D eigenvalue weighted by Gasteiger charge is 2.28. The SMILES string of the molecule is Cc1ccc(S(=O)(=O)N(CC(=O)NC2CCCCCC2)Cc2ccco2)cc1. The van der Waals surface area contributed by atoms with Gasteiger partial charge in [-0.15, -0.1) is 0 Å². The van der Waals surface area contributed by atoms with Crippen molar-refractivity contribution >= 4 is 15.9 Å². The summed E-state index contributed by atoms with van der Waals surface area (Å²) in [4.78, 5) is 12.8. The van der Waals surface area contributed by atoms with Gasteiger partial charge in [-0.05, 0) is 44.0 Å². The Labute approximate surface area is 167 Å². The quantitative estimate of drug-likeness (QED) is 0.715. The third kappa shape index (κ3) is 5.45. The molecule has 0 bridgehead atoms. The fraction of sp³-hybridized carbons (Fsp3) is 0.476. The first kappa shape index (κ1) is 20.6. The normalized spacial score (nSPS) is 16.1. The van der Waals surface area contributed by atoms with Gasteiger partial charge in [0.15, 0.2) is 0 Å². The minimum atomic E-state index is -3.82. The highest BCUT2D eigenvalue weighted by Crippen LogP contribution is 2.20. The number of carbonyl (C=O) groups is 1. The van der Waals surface area contributed by atoms with E-state index in [4.69, 9.17) is 4.42 Å². The number of rotatable bonds is 7. The van der Waals surface area contributed by atoms with Crippen LogP contribution in [0.1, 0.15) is 49.8 Å². The number of benzene rings is 1. The number of nitrogens with one attached hydrogen (secondary N) is 1. The van der Waals surface area contributed by atoms with E-state index < -0.39 is 10.0 Å². The zero-order valence-corrected chi connectivity index (χ0v) is 17.1. The molecule has 7 heteroatoms. The molecule has 0 unspecified atom stereocenters. The van der Waals surface area contributed by atoms with Crippen LogP contribution in [0.5, 0.6) is 0 Å². The van der Waals surface area contributed by atoms with Crippen molar-refractivity contribution in [2.45, 2.75) is 62.9 Å². The molecule has 0 saturated heterocycles. The van der Waals surface area contributed by atoms with Gasteiger partial charge in [-0.2, -0.15) is 4.31 Å². The van der Waals surface area contributed by atoms with Gasteiger partial charge in [-0.3, -0.25) is 4.79 Å². The van der Waals surface area contributed by atoms with Crippen molar-refractivity contribution in [1.29, 1.82) is 0 Å². The number of sulfonamides is 1. The summed E-state index contributed by atoms with van der Waals surface area (Å²) in [5, 5.41) is 3.03. The third-order valence-corrected chi connectivity index (χ3v) is 6.92. The van der Waals surface area contributed by atoms with Gasteiger partial charge in [0.2, 0.25) is 15.9 Å². The molecule has 1 aromatic carbocycles. The maximum Gasteiger partial charge on any atom is 0.243 e. The van der Waals surface area contributed by atoms with Gasteiger partial charge >= 0.3 is 0 Å². The molecule has 2 aromatic rings. The molecule has 1 amide bonds. The lowest BCUT2D eigenvalue weighted by Gasteiger charge is -2.23. The average molecular weight is 405 g/mol. The van der Waals surface area contributed by atoms with Gasteiger partial charge in [0, 0.05) is 6.04 Å². The Morgan fingerprint density at radius 3 is 2.39 bits per heavy atom. The number of nitrogens with zero attached hydrogens (tertiary/aromatic N) is 1. The van der Waals surface area contributed by atoms with Crippen molar-refractivity contribution in [2.24, 2.45) is 0 Å². The van der Waals surface area contributed by atoms with Crippen LogP contribution >= 0.6 is 0 Å². The summed E-state index contributed by atoms with van der Waals surface area (Å²) < 4.78 is 32.8. The first-order valence-electron chi connectivity index (χ1n) is 9.84. The van der Waals surface area contributed by atoms with E-state index in [9.17, 15) is 13.2 Å². The minimum absolute atomic E-state index is 0.0152. The summed E-state index contributed by atoms with van der Waals surface area (Å²) in [6.07, 6.45) is 7.99. The van der Waals surface area contributed by atoms with E-state index in [1.165, 1.54) is 23.4 Å². The molecule has 1 N–H and O–H groups in total. The van der Waals surface area contributed by atoms with E-state index in [-0.39, 0.29) is 29.9 Å². The van der Waals surface area contributed by atoms with Crippen molar-refractivity contribution in [1.82, 2.24) is 9.62 Å². The summed E-state index contributed by atoms with van der Waals surface area (Å²) in [6, 6.07) is 10.2. The molecular formula is C21H28N2O4S. The zero-order chi connectivity index (χ0) is 20.0. The van der Waals surface area contributed by atoms with E-state index in [1.807, 2.05) is 6.92 Å². The lowest BCUT2D eigenvalue weighted by molar-refractivity contribution is -0.122. The van der Waals surface area contributed by atoms with Gasteiger partial charge in [-0.1, -0.05) is 43.4 Å². The summed E-state index contributed by atoms with van der Waals surface area (Å²) in [5.74, 6) is 0.229. The molecule has 0 spiro atoms. The van der Waals surface area contributed by atoms with Gasteiger partial charge < -0.3 is 9.73 Å². The van der Waals surface area contributed by atoms with Crippen molar-refractivity contribution in [3.05, 3.63) is 54.0 Å². The Balaban J connectivity index is 1.76. The second kappa shape index (κ2) is 9.39. The Kier molecular flexibility index (Phi) is 6.91. The van der Waals surface area contributed by atoms with Gasteiger partial charge in [0.05, 0.1) is 24.2 Å². The molecule has 152 valence electrons. The molecule has 1 saturated carbocycles. The number of carbonyl (C=O) groups excluding carboxylic acids is 1. The highest BCUT2D eigenvalue weighted by atomic mass is 32.2. The van der Waals surface area contributed by atoms with Crippen molar-refractivity contribution in [2.75, 3.05) is 6.54 Å². The molecule has 1 fully saturated rings. The number of hydrogen-bond acceptors (Lipinski definition) is 4. The molecule has 1 aliphatic rings. The Morgan fingerprint density at radius 2 is 1.79 bits per heavy atom. The van der Waals surface area contributed by atoms with Crippen molar-refractivity contribution in [3.63, 3.8) is 0 Å². The smallest absolute Gasteiger partial charge is 0.243 e. The number of aryl methyl sites for hydroxylation is 1. The van der Waals surface area contributed by atoms with Crippen LogP contribution in [-0.4, -0.2) is 31.2 Å². The second-order valence-electron chi connectivity index (χ2n) is 7.42. The first-order valence-corrected chi connectivity index (χ1v) is 11.3. The largest absolute Gasteiger partial charge is 0.468 e. The maximum absolute atomic E-state index is 13.2. The molecule has 1 aliphatic carbocycles. The van der Waals surface area contributed by atoms with Gasteiger partial charge in [0.25, 0.3) is 0 Å². The summed E-state index contributed by atoms with van der Waals surface area (Å²) >= 11 is 0. The van der Waals surface area contributed by atoms with Crippen LogP contribution in [0, 0.1) is 6.92 Å². The molecule has 0 atom stereocenters. The fourth-order valence-electron chi connectivity index (χ4n) is 3.52. The van der Waals surface area contributed by atoms with Crippen LogP contribution in [0.3, 0.4) is 0 Å². The molecule has 3 rings (SSSR count). The summed E-state index contributed by atoms with van der Waals surface area (Å²) in [5.41, 5.74) is 0.975. The Bertz CT molecular complexity index is 852. The van der Waals surface area contributed by atoms with E-state index >= 15 is 0 Å². The molecule has 0 radical (unpaired) electrons. The summed E-state index contributed by atoms with van der Waals surface area (Å²) in [6.45, 7) is 1.69. The van der Waals surface area contributed by atoms with Gasteiger partial charge in [-0.25, -0.2) is 8.42 Å². The zero-order valence-electron chi connectivity index (χ0n) is 16.3. The van der Waals surface area contributed by atoms with Crippen molar-refractivity contribution < 1.29 is 17.6 Å². The average Bonchev–Trinajstić information content (AvgIpc) is 3.04. The molecule has 0 aliphatic heterocycles. The van der Waals surface area contributed by atoms with E-state index in [0.29, 0.717) is 5.76 Å². The van der Waals surface area contributed by atoms with Crippen molar-refractivity contribution in [3.8, 4) is 0 Å². The highest BCUT2D eigenvalue weighted by molar-refractivity contribution is 7.89. The van der Waals surface area contributed by atoms with Crippen LogP contribution in [0.4, 0.5) is 0 Å². The lowest BCUT2D eigenvalue weighted by Crippen LogP contribution is -2.43. The predicted octanol–water partition coefficient (Wildman–Crippen LogP) is 3.62. The number of furan rings is 1. The Morgan fingerprint density at radius 1 is 1.11 bits per heavy atom. The molecule has 1 heterocycles. The van der Waals surface area contributed by atoms with Gasteiger partial charge in [0.1, 0.15) is 5.76 Å². The standard InChI is InChI=1S/C21H28N2O4S/c1-17-10-12-20(13-11-17)28(25,26)23(15-19-9-6-14-27-19)16-21(24)22-18-7-4-2-3-5-8-18/h6,9-14,18H,2-5,7-8,15-16H2,1H3,(H,22,24). The number of amides is 1. The lowest BCUT2D eigenvalue weighted by atomic mass is 10.1. The van der Waals surface area contributed by atoms with Crippen LogP contribution in [0.25, 0.3) is 0 Å². The van der Waals surface area contributed by atoms with E-state index in [1.54, 1.807) is 36.4 Å². The van der Waals surface area contributed by atoms with E-state index in [2.05, 4.69) is 5.32 Å². The van der Waals surface area contributed by atoms with E-state index in [0.717, 1.165) is 31.2 Å². The molecule has 28 heavy (non-hydrogen) atoms. The summed E-state index contributed by atoms with van der Waals surface area (Å²) in [7, 11) is -3.82. The topological polar surface area (TPSA) is 79.6 Å². The minimum Gasteiger partial charge on any atom is -0.468 e. The van der Waals surface area contributed by atoms with Crippen LogP contribution in [0.2, 0.25) is 0 Å².